The second-order valence-corrected chi connectivity index (χ2v) is 3.14. The second-order valence-electron chi connectivity index (χ2n) is 3.14. The Bertz CT molecular complexity index is 496. The van der Waals surface area contributed by atoms with Crippen LogP contribution in [0, 0.1) is 17.7 Å². The Balaban J connectivity index is 2.97. The Morgan fingerprint density at radius 2 is 2.00 bits per heavy atom. The molecule has 6 heteroatoms. The first-order valence-corrected chi connectivity index (χ1v) is 4.44. The summed E-state index contributed by atoms with van der Waals surface area (Å²) in [6, 6.07) is 1.98. The molecule has 0 saturated heterocycles. The molecule has 0 radical (unpaired) electrons. The van der Waals surface area contributed by atoms with Gasteiger partial charge in [0.15, 0.2) is 0 Å². The van der Waals surface area contributed by atoms with E-state index in [-0.39, 0.29) is 12.0 Å². The fourth-order valence-electron chi connectivity index (χ4n) is 1.02. The molecule has 2 nitrogen and oxygen atoms in total. The molecule has 1 rings (SSSR count). The number of hydrogen-bond acceptors (Lipinski definition) is 1. The Labute approximate surface area is 94.4 Å². The molecule has 1 aromatic carbocycles. The maximum Gasteiger partial charge on any atom is 0.416 e. The minimum atomic E-state index is -4.60. The minimum absolute atomic E-state index is 0.209. The predicted molar refractivity (Wildman–Crippen MR) is 52.1 cm³/mol. The maximum absolute atomic E-state index is 13.2. The Hall–Kier alpha value is -2.03. The van der Waals surface area contributed by atoms with Crippen molar-refractivity contribution in [3.8, 4) is 11.8 Å². The van der Waals surface area contributed by atoms with Gasteiger partial charge in [-0.25, -0.2) is 4.39 Å². The van der Waals surface area contributed by atoms with E-state index in [9.17, 15) is 22.4 Å². The second kappa shape index (κ2) is 4.87. The van der Waals surface area contributed by atoms with E-state index in [4.69, 9.17) is 5.73 Å². The van der Waals surface area contributed by atoms with E-state index in [1.165, 1.54) is 0 Å². The summed E-state index contributed by atoms with van der Waals surface area (Å²) in [5.41, 5.74) is 3.50. The summed E-state index contributed by atoms with van der Waals surface area (Å²) >= 11 is 0. The van der Waals surface area contributed by atoms with Crippen LogP contribution >= 0.6 is 0 Å². The molecule has 0 bridgehead atoms. The summed E-state index contributed by atoms with van der Waals surface area (Å²) in [5.74, 6) is 2.71. The average molecular weight is 245 g/mol. The van der Waals surface area contributed by atoms with Gasteiger partial charge >= 0.3 is 6.18 Å². The zero-order valence-corrected chi connectivity index (χ0v) is 8.44. The monoisotopic (exact) mass is 245 g/mol. The highest BCUT2D eigenvalue weighted by atomic mass is 19.4. The van der Waals surface area contributed by atoms with Gasteiger partial charge in [0.25, 0.3) is 0 Å². The van der Waals surface area contributed by atoms with Crippen LogP contribution in [0.3, 0.4) is 0 Å². The molecule has 1 aromatic rings. The summed E-state index contributed by atoms with van der Waals surface area (Å²) in [7, 11) is 0. The van der Waals surface area contributed by atoms with Crippen molar-refractivity contribution < 1.29 is 22.4 Å². The summed E-state index contributed by atoms with van der Waals surface area (Å²) in [6.45, 7) is 0. The van der Waals surface area contributed by atoms with Crippen LogP contribution in [0.4, 0.5) is 17.6 Å². The van der Waals surface area contributed by atoms with E-state index >= 15 is 0 Å². The number of nitrogens with two attached hydrogens (primary N) is 1. The molecular weight excluding hydrogens is 238 g/mol. The number of carbonyl (C=O) groups is 1. The van der Waals surface area contributed by atoms with Crippen LogP contribution in [-0.2, 0) is 11.0 Å². The van der Waals surface area contributed by atoms with Crippen molar-refractivity contribution in [1.82, 2.24) is 0 Å². The molecule has 0 atom stereocenters. The molecular formula is C11H7F4NO. The minimum Gasteiger partial charge on any atom is -0.369 e. The van der Waals surface area contributed by atoms with E-state index in [0.29, 0.717) is 6.07 Å². The summed E-state index contributed by atoms with van der Waals surface area (Å²) in [4.78, 5) is 10.3. The van der Waals surface area contributed by atoms with E-state index in [1.54, 1.807) is 0 Å². The quantitative estimate of drug-likeness (QED) is 0.597. The van der Waals surface area contributed by atoms with Crippen molar-refractivity contribution in [3.63, 3.8) is 0 Å². The van der Waals surface area contributed by atoms with Gasteiger partial charge in [-0.05, 0) is 18.2 Å². The maximum atomic E-state index is 13.2. The topological polar surface area (TPSA) is 43.1 Å². The number of hydrogen-bond donors (Lipinski definition) is 1. The standard InChI is InChI=1S/C11H7F4NO/c12-9-6-8(11(13,14)15)5-4-7(9)2-1-3-10(16)17/h4-6H,3H2,(H2,16,17). The van der Waals surface area contributed by atoms with Crippen molar-refractivity contribution in [2.45, 2.75) is 12.6 Å². The average Bonchev–Trinajstić information content (AvgIpc) is 2.18. The lowest BCUT2D eigenvalue weighted by molar-refractivity contribution is -0.137. The lowest BCUT2D eigenvalue weighted by Gasteiger charge is -2.06. The fourth-order valence-corrected chi connectivity index (χ4v) is 1.02. The summed E-state index contributed by atoms with van der Waals surface area (Å²) in [6.07, 6.45) is -4.87. The van der Waals surface area contributed by atoms with Gasteiger partial charge in [0.05, 0.1) is 17.5 Å². The van der Waals surface area contributed by atoms with Crippen LogP contribution in [0.25, 0.3) is 0 Å². The number of rotatable bonds is 1. The highest BCUT2D eigenvalue weighted by Gasteiger charge is 2.30. The molecule has 0 aromatic heterocycles. The fraction of sp³-hybridized carbons (Fsp3) is 0.182. The predicted octanol–water partition coefficient (Wildman–Crippen LogP) is 2.07. The molecule has 90 valence electrons. The van der Waals surface area contributed by atoms with Gasteiger partial charge in [-0.15, -0.1) is 0 Å². The normalized spacial score (nSPS) is 10.6. The molecule has 0 heterocycles. The molecule has 1 amide bonds. The number of amides is 1. The number of halogens is 4. The lowest BCUT2D eigenvalue weighted by Crippen LogP contribution is -2.08. The molecule has 0 saturated carbocycles. The van der Waals surface area contributed by atoms with E-state index in [2.05, 4.69) is 11.8 Å². The van der Waals surface area contributed by atoms with Crippen LogP contribution < -0.4 is 5.73 Å². The molecule has 0 spiro atoms. The van der Waals surface area contributed by atoms with Gasteiger partial charge in [-0.1, -0.05) is 11.8 Å². The largest absolute Gasteiger partial charge is 0.416 e. The molecule has 0 aliphatic rings. The first kappa shape index (κ1) is 13.0. The van der Waals surface area contributed by atoms with Crippen LogP contribution in [-0.4, -0.2) is 5.91 Å². The molecule has 0 aliphatic heterocycles. The van der Waals surface area contributed by atoms with Gasteiger partial charge in [-0.2, -0.15) is 13.2 Å². The molecule has 0 unspecified atom stereocenters. The van der Waals surface area contributed by atoms with Crippen LogP contribution in [0.1, 0.15) is 17.5 Å². The van der Waals surface area contributed by atoms with Gasteiger partial charge in [0.2, 0.25) is 5.91 Å². The van der Waals surface area contributed by atoms with Crippen LogP contribution in [0.5, 0.6) is 0 Å². The molecule has 0 aliphatic carbocycles. The van der Waals surface area contributed by atoms with E-state index < -0.39 is 23.5 Å². The van der Waals surface area contributed by atoms with Gasteiger partial charge < -0.3 is 5.73 Å². The molecule has 17 heavy (non-hydrogen) atoms. The van der Waals surface area contributed by atoms with E-state index in [1.807, 2.05) is 0 Å². The zero-order valence-electron chi connectivity index (χ0n) is 8.44. The van der Waals surface area contributed by atoms with Crippen LogP contribution in [0.2, 0.25) is 0 Å². The number of alkyl halides is 3. The number of carbonyl (C=O) groups excluding carboxylic acids is 1. The molecule has 0 fully saturated rings. The first-order chi connectivity index (χ1) is 7.80. The van der Waals surface area contributed by atoms with Crippen molar-refractivity contribution >= 4 is 5.91 Å². The number of primary amides is 1. The third-order valence-corrected chi connectivity index (χ3v) is 1.78. The molecule has 2 N–H and O–H groups in total. The van der Waals surface area contributed by atoms with Crippen LogP contribution in [0.15, 0.2) is 18.2 Å². The first-order valence-electron chi connectivity index (χ1n) is 4.44. The Kier molecular flexibility index (Phi) is 3.73. The number of benzene rings is 1. The smallest absolute Gasteiger partial charge is 0.369 e. The zero-order chi connectivity index (χ0) is 13.1. The van der Waals surface area contributed by atoms with Gasteiger partial charge in [0.1, 0.15) is 5.82 Å². The Morgan fingerprint density at radius 1 is 1.35 bits per heavy atom. The van der Waals surface area contributed by atoms with Crippen molar-refractivity contribution in [1.29, 1.82) is 0 Å². The highest BCUT2D eigenvalue weighted by Crippen LogP contribution is 2.29. The van der Waals surface area contributed by atoms with Gasteiger partial charge in [-0.3, -0.25) is 4.79 Å². The van der Waals surface area contributed by atoms with Gasteiger partial charge in [0, 0.05) is 0 Å². The van der Waals surface area contributed by atoms with Crippen molar-refractivity contribution in [2.75, 3.05) is 0 Å². The highest BCUT2D eigenvalue weighted by molar-refractivity contribution is 5.76. The third kappa shape index (κ3) is 3.79. The third-order valence-electron chi connectivity index (χ3n) is 1.78. The van der Waals surface area contributed by atoms with Crippen molar-refractivity contribution in [3.05, 3.63) is 35.1 Å². The van der Waals surface area contributed by atoms with Crippen molar-refractivity contribution in [2.24, 2.45) is 5.73 Å². The van der Waals surface area contributed by atoms with E-state index in [0.717, 1.165) is 12.1 Å². The summed E-state index contributed by atoms with van der Waals surface area (Å²) < 4.78 is 49.8. The Morgan fingerprint density at radius 3 is 2.47 bits per heavy atom. The SMILES string of the molecule is NC(=O)CC#Cc1ccc(C(F)(F)F)cc1F. The lowest BCUT2D eigenvalue weighted by atomic mass is 10.1. The summed E-state index contributed by atoms with van der Waals surface area (Å²) in [5, 5.41) is 0.